The maximum atomic E-state index is 13.0. The van der Waals surface area contributed by atoms with Crippen molar-refractivity contribution in [3.63, 3.8) is 0 Å². The van der Waals surface area contributed by atoms with Crippen LogP contribution in [0.15, 0.2) is 71.1 Å². The summed E-state index contributed by atoms with van der Waals surface area (Å²) in [6, 6.07) is 21.0. The largest absolute Gasteiger partial charge is 0.438 e. The number of halogens is 1. The summed E-state index contributed by atoms with van der Waals surface area (Å²) in [4.78, 5) is 23.7. The summed E-state index contributed by atoms with van der Waals surface area (Å²) in [7, 11) is 0. The SMILES string of the molecule is Cc1ccc(-c2oc(NC(=O)c3ccc(Cl)cc3[N+](=O)[O-])c(C#N)c2-c2ccc(C)cc2)cc1. The number of benzene rings is 3. The number of nitrogens with one attached hydrogen (secondary N) is 1. The second-order valence-corrected chi connectivity index (χ2v) is 8.16. The number of nitrogens with zero attached hydrogens (tertiary/aromatic N) is 2. The van der Waals surface area contributed by atoms with Gasteiger partial charge in [0, 0.05) is 22.2 Å². The lowest BCUT2D eigenvalue weighted by molar-refractivity contribution is -0.385. The van der Waals surface area contributed by atoms with Crippen molar-refractivity contribution in [2.45, 2.75) is 13.8 Å². The number of furan rings is 1. The molecule has 1 heterocycles. The number of nitriles is 1. The van der Waals surface area contributed by atoms with E-state index in [0.717, 1.165) is 28.3 Å². The monoisotopic (exact) mass is 471 g/mol. The molecule has 0 saturated heterocycles. The number of anilines is 1. The molecule has 34 heavy (non-hydrogen) atoms. The first-order chi connectivity index (χ1) is 16.3. The number of aryl methyl sites for hydroxylation is 2. The molecule has 0 unspecified atom stereocenters. The van der Waals surface area contributed by atoms with E-state index in [9.17, 15) is 20.2 Å². The van der Waals surface area contributed by atoms with Crippen LogP contribution in [0, 0.1) is 35.3 Å². The number of hydrogen-bond acceptors (Lipinski definition) is 5. The summed E-state index contributed by atoms with van der Waals surface area (Å²) in [6.07, 6.45) is 0. The van der Waals surface area contributed by atoms with Crippen molar-refractivity contribution in [2.24, 2.45) is 0 Å². The van der Waals surface area contributed by atoms with Crippen LogP contribution in [0.3, 0.4) is 0 Å². The molecule has 0 fully saturated rings. The minimum Gasteiger partial charge on any atom is -0.438 e. The van der Waals surface area contributed by atoms with Crippen molar-refractivity contribution < 1.29 is 14.1 Å². The van der Waals surface area contributed by atoms with Gasteiger partial charge in [-0.1, -0.05) is 71.3 Å². The summed E-state index contributed by atoms with van der Waals surface area (Å²) in [6.45, 7) is 3.91. The molecule has 3 aromatic carbocycles. The fraction of sp³-hybridized carbons (Fsp3) is 0.0769. The molecule has 1 amide bonds. The zero-order valence-electron chi connectivity index (χ0n) is 18.3. The lowest BCUT2D eigenvalue weighted by Gasteiger charge is -2.05. The molecule has 168 valence electrons. The highest BCUT2D eigenvalue weighted by molar-refractivity contribution is 6.31. The van der Waals surface area contributed by atoms with E-state index in [0.29, 0.717) is 11.3 Å². The molecule has 0 saturated carbocycles. The number of carbonyl (C=O) groups is 1. The molecule has 0 aliphatic heterocycles. The minimum atomic E-state index is -0.792. The second-order valence-electron chi connectivity index (χ2n) is 7.73. The van der Waals surface area contributed by atoms with E-state index in [1.54, 1.807) is 0 Å². The highest BCUT2D eigenvalue weighted by Gasteiger charge is 2.27. The molecule has 0 radical (unpaired) electrons. The van der Waals surface area contributed by atoms with Crippen LogP contribution >= 0.6 is 11.6 Å². The Balaban J connectivity index is 1.86. The molecule has 7 nitrogen and oxygen atoms in total. The molecule has 4 rings (SSSR count). The maximum Gasteiger partial charge on any atom is 0.283 e. The van der Waals surface area contributed by atoms with Gasteiger partial charge in [0.2, 0.25) is 5.88 Å². The average molecular weight is 472 g/mol. The van der Waals surface area contributed by atoms with Crippen molar-refractivity contribution in [1.29, 1.82) is 5.26 Å². The number of carbonyl (C=O) groups excluding carboxylic acids is 1. The van der Waals surface area contributed by atoms with Crippen molar-refractivity contribution in [3.8, 4) is 28.5 Å². The minimum absolute atomic E-state index is 0.0945. The lowest BCUT2D eigenvalue weighted by atomic mass is 9.97. The van der Waals surface area contributed by atoms with Crippen molar-refractivity contribution in [1.82, 2.24) is 0 Å². The van der Waals surface area contributed by atoms with Gasteiger partial charge in [-0.25, -0.2) is 0 Å². The van der Waals surface area contributed by atoms with Crippen LogP contribution in [0.5, 0.6) is 0 Å². The van der Waals surface area contributed by atoms with Gasteiger partial charge in [0.25, 0.3) is 11.6 Å². The quantitative estimate of drug-likeness (QED) is 0.251. The number of nitro groups is 1. The predicted molar refractivity (Wildman–Crippen MR) is 130 cm³/mol. The third-order valence-electron chi connectivity index (χ3n) is 5.30. The van der Waals surface area contributed by atoms with E-state index >= 15 is 0 Å². The highest BCUT2D eigenvalue weighted by Crippen LogP contribution is 2.42. The molecule has 4 aromatic rings. The van der Waals surface area contributed by atoms with Gasteiger partial charge in [0.05, 0.1) is 4.92 Å². The highest BCUT2D eigenvalue weighted by atomic mass is 35.5. The Labute approximate surface area is 200 Å². The van der Waals surface area contributed by atoms with Gasteiger partial charge in [-0.2, -0.15) is 5.26 Å². The van der Waals surface area contributed by atoms with Crippen molar-refractivity contribution in [3.05, 3.63) is 104 Å². The van der Waals surface area contributed by atoms with Crippen LogP contribution in [0.25, 0.3) is 22.5 Å². The molecule has 1 aromatic heterocycles. The number of hydrogen-bond donors (Lipinski definition) is 1. The zero-order valence-corrected chi connectivity index (χ0v) is 19.0. The molecule has 0 spiro atoms. The summed E-state index contributed by atoms with van der Waals surface area (Å²) >= 11 is 5.86. The van der Waals surface area contributed by atoms with Gasteiger partial charge in [-0.3, -0.25) is 20.2 Å². The third-order valence-corrected chi connectivity index (χ3v) is 5.54. The Hall–Kier alpha value is -4.41. The molecule has 1 N–H and O–H groups in total. The van der Waals surface area contributed by atoms with Gasteiger partial charge in [-0.15, -0.1) is 0 Å². The van der Waals surface area contributed by atoms with E-state index in [2.05, 4.69) is 11.4 Å². The van der Waals surface area contributed by atoms with E-state index in [4.69, 9.17) is 16.0 Å². The molecule has 8 heteroatoms. The summed E-state index contributed by atoms with van der Waals surface area (Å²) in [5, 5.41) is 24.1. The second kappa shape index (κ2) is 9.22. The normalized spacial score (nSPS) is 10.5. The van der Waals surface area contributed by atoms with Crippen LogP contribution in [-0.2, 0) is 0 Å². The Morgan fingerprint density at radius 1 is 1.00 bits per heavy atom. The average Bonchev–Trinajstić information content (AvgIpc) is 3.17. The predicted octanol–water partition coefficient (Wildman–Crippen LogP) is 6.92. The number of amides is 1. The fourth-order valence-corrected chi connectivity index (χ4v) is 3.71. The number of nitro benzene ring substituents is 1. The van der Waals surface area contributed by atoms with Crippen LogP contribution < -0.4 is 5.32 Å². The Morgan fingerprint density at radius 3 is 2.15 bits per heavy atom. The molecular formula is C26H18ClN3O4. The van der Waals surface area contributed by atoms with Gasteiger partial charge in [0.1, 0.15) is 23.0 Å². The third kappa shape index (κ3) is 4.40. The van der Waals surface area contributed by atoms with Gasteiger partial charge >= 0.3 is 0 Å². The van der Waals surface area contributed by atoms with Crippen LogP contribution in [-0.4, -0.2) is 10.8 Å². The van der Waals surface area contributed by atoms with E-state index < -0.39 is 16.5 Å². The fourth-order valence-electron chi connectivity index (χ4n) is 3.55. The zero-order chi connectivity index (χ0) is 24.4. The molecular weight excluding hydrogens is 454 g/mol. The molecule has 0 bridgehead atoms. The van der Waals surface area contributed by atoms with Crippen molar-refractivity contribution >= 4 is 29.1 Å². The molecule has 0 atom stereocenters. The van der Waals surface area contributed by atoms with Crippen LogP contribution in [0.2, 0.25) is 5.02 Å². The smallest absolute Gasteiger partial charge is 0.283 e. The van der Waals surface area contributed by atoms with Crippen LogP contribution in [0.4, 0.5) is 11.6 Å². The standard InChI is InChI=1S/C26H18ClN3O4/c1-15-3-7-17(8-4-15)23-21(14-28)26(34-24(23)18-9-5-16(2)6-10-18)29-25(31)20-12-11-19(27)13-22(20)30(32)33/h3-13H,1-2H3,(H,29,31). The maximum absolute atomic E-state index is 13.0. The van der Waals surface area contributed by atoms with Gasteiger partial charge in [0.15, 0.2) is 0 Å². The first-order valence-corrected chi connectivity index (χ1v) is 10.6. The summed E-state index contributed by atoms with van der Waals surface area (Å²) in [5.41, 5.74) is 3.53. The Kier molecular flexibility index (Phi) is 6.17. The van der Waals surface area contributed by atoms with Gasteiger partial charge in [-0.05, 0) is 31.5 Å². The molecule has 0 aliphatic carbocycles. The first-order valence-electron chi connectivity index (χ1n) is 10.2. The Bertz CT molecular complexity index is 1450. The number of rotatable bonds is 5. The van der Waals surface area contributed by atoms with Gasteiger partial charge < -0.3 is 4.42 Å². The van der Waals surface area contributed by atoms with Crippen molar-refractivity contribution in [2.75, 3.05) is 5.32 Å². The first kappa shape index (κ1) is 22.8. The van der Waals surface area contributed by atoms with Crippen LogP contribution in [0.1, 0.15) is 27.0 Å². The van der Waals surface area contributed by atoms with E-state index in [-0.39, 0.29) is 22.0 Å². The molecule has 0 aliphatic rings. The Morgan fingerprint density at radius 2 is 1.59 bits per heavy atom. The topological polar surface area (TPSA) is 109 Å². The summed E-state index contributed by atoms with van der Waals surface area (Å²) in [5.74, 6) is -0.483. The summed E-state index contributed by atoms with van der Waals surface area (Å²) < 4.78 is 6.01. The lowest BCUT2D eigenvalue weighted by Crippen LogP contribution is -2.14. The van der Waals surface area contributed by atoms with E-state index in [1.165, 1.54) is 12.1 Å². The van der Waals surface area contributed by atoms with E-state index in [1.807, 2.05) is 62.4 Å².